The third-order valence-electron chi connectivity index (χ3n) is 2.42. The molecule has 5 heteroatoms. The van der Waals surface area contributed by atoms with Crippen molar-refractivity contribution in [1.29, 1.82) is 10.8 Å². The number of hydrogen-bond acceptors (Lipinski definition) is 5. The van der Waals surface area contributed by atoms with Crippen LogP contribution in [0.2, 0.25) is 0 Å². The fourth-order valence-electron chi connectivity index (χ4n) is 1.63. The minimum Gasteiger partial charge on any atom is -0.364 e. The van der Waals surface area contributed by atoms with Crippen molar-refractivity contribution in [1.82, 2.24) is 0 Å². The van der Waals surface area contributed by atoms with Crippen LogP contribution in [0.1, 0.15) is 0 Å². The molecule has 0 aromatic heterocycles. The van der Waals surface area contributed by atoms with Gasteiger partial charge in [-0.25, -0.2) is 0 Å². The minimum absolute atomic E-state index is 0.0936. The monoisotopic (exact) mass is 221 g/mol. The van der Waals surface area contributed by atoms with E-state index in [2.05, 4.69) is 17.0 Å². The molecule has 0 N–H and O–H groups in total. The Labute approximate surface area is 95.0 Å². The zero-order valence-corrected chi connectivity index (χ0v) is 9.24. The van der Waals surface area contributed by atoms with Gasteiger partial charge >= 0.3 is 0 Å². The molecular weight excluding hydrogens is 206 g/mol. The molecule has 1 aromatic carbocycles. The summed E-state index contributed by atoms with van der Waals surface area (Å²) >= 11 is 0. The molecule has 1 saturated heterocycles. The second-order valence-corrected chi connectivity index (χ2v) is 3.32. The van der Waals surface area contributed by atoms with Gasteiger partial charge < -0.3 is 14.4 Å². The van der Waals surface area contributed by atoms with Crippen LogP contribution in [-0.2, 0) is 9.47 Å². The summed E-state index contributed by atoms with van der Waals surface area (Å²) in [7, 11) is 1.68. The first kappa shape index (κ1) is 12.4. The van der Waals surface area contributed by atoms with Crippen LogP contribution in [0.4, 0.5) is 5.69 Å². The number of nitrogens with zero attached hydrogens (tertiary/aromatic N) is 3. The first-order valence-electron chi connectivity index (χ1n) is 5.04. The van der Waals surface area contributed by atoms with Gasteiger partial charge in [-0.1, -0.05) is 18.2 Å². The molecule has 0 bridgehead atoms. The Morgan fingerprint density at radius 2 is 2.00 bits per heavy atom. The van der Waals surface area contributed by atoms with Gasteiger partial charge in [0.15, 0.2) is 6.29 Å². The lowest BCUT2D eigenvalue weighted by Gasteiger charge is -2.33. The highest BCUT2D eigenvalue weighted by molar-refractivity contribution is 5.46. The summed E-state index contributed by atoms with van der Waals surface area (Å²) < 4.78 is 10.6. The van der Waals surface area contributed by atoms with E-state index in [9.17, 15) is 0 Å². The molecule has 1 aliphatic heterocycles. The van der Waals surface area contributed by atoms with Gasteiger partial charge in [0.25, 0.3) is 0 Å². The molecule has 1 unspecified atom stereocenters. The van der Waals surface area contributed by atoms with Crippen molar-refractivity contribution < 1.29 is 9.47 Å². The number of methoxy groups -OCH3 is 1. The first-order valence-corrected chi connectivity index (χ1v) is 5.04. The zero-order valence-electron chi connectivity index (χ0n) is 9.24. The van der Waals surface area contributed by atoms with Crippen LogP contribution in [0.25, 0.3) is 0 Å². The molecule has 1 heterocycles. The number of anilines is 1. The summed E-state index contributed by atoms with van der Waals surface area (Å²) in [6.07, 6.45) is -0.0936. The summed E-state index contributed by atoms with van der Waals surface area (Å²) in [5, 5.41) is 12.0. The van der Waals surface area contributed by atoms with E-state index in [-0.39, 0.29) is 6.29 Å². The van der Waals surface area contributed by atoms with E-state index in [1.54, 1.807) is 7.11 Å². The number of ether oxygens (including phenoxy) is 2. The molecule has 0 amide bonds. The van der Waals surface area contributed by atoms with Gasteiger partial charge in [-0.15, -0.1) is 0 Å². The lowest BCUT2D eigenvalue weighted by atomic mass is 10.2. The van der Waals surface area contributed by atoms with Crippen molar-refractivity contribution in [2.75, 3.05) is 31.7 Å². The summed E-state index contributed by atoms with van der Waals surface area (Å²) in [5.74, 6) is 0. The van der Waals surface area contributed by atoms with Crippen LogP contribution in [0, 0.1) is 10.8 Å². The average molecular weight is 221 g/mol. The van der Waals surface area contributed by atoms with Gasteiger partial charge in [-0.2, -0.15) is 0 Å². The van der Waals surface area contributed by atoms with E-state index in [0.29, 0.717) is 0 Å². The van der Waals surface area contributed by atoms with Gasteiger partial charge in [-0.3, -0.25) is 0 Å². The van der Waals surface area contributed by atoms with Crippen LogP contribution in [0.15, 0.2) is 30.3 Å². The number of morpholine rings is 1. The van der Waals surface area contributed by atoms with Gasteiger partial charge in [0, 0.05) is 30.1 Å². The second kappa shape index (κ2) is 6.77. The van der Waals surface area contributed by atoms with Crippen molar-refractivity contribution in [2.45, 2.75) is 6.29 Å². The number of para-hydroxylation sites is 1. The highest BCUT2D eigenvalue weighted by Crippen LogP contribution is 2.16. The molecule has 1 aliphatic rings. The molecular formula is C11H15N3O2. The smallest absolute Gasteiger partial charge is 0.174 e. The molecule has 1 atom stereocenters. The van der Waals surface area contributed by atoms with E-state index in [0.717, 1.165) is 19.7 Å². The lowest BCUT2D eigenvalue weighted by molar-refractivity contribution is -0.128. The number of benzene rings is 1. The summed E-state index contributed by atoms with van der Waals surface area (Å²) in [6.45, 7) is 2.47. The first-order chi connectivity index (χ1) is 7.90. The Morgan fingerprint density at radius 1 is 1.31 bits per heavy atom. The van der Waals surface area contributed by atoms with E-state index in [1.807, 2.05) is 18.2 Å². The van der Waals surface area contributed by atoms with Crippen molar-refractivity contribution in [3.8, 4) is 0 Å². The maximum Gasteiger partial charge on any atom is 0.174 e. The predicted molar refractivity (Wildman–Crippen MR) is 58.9 cm³/mol. The molecule has 0 aliphatic carbocycles. The molecule has 5 nitrogen and oxygen atoms in total. The molecule has 1 fully saturated rings. The van der Waals surface area contributed by atoms with Crippen LogP contribution in [0.3, 0.4) is 0 Å². The van der Waals surface area contributed by atoms with Crippen LogP contribution in [-0.4, -0.2) is 33.1 Å². The Balaban J connectivity index is 0.000000606. The third-order valence-corrected chi connectivity index (χ3v) is 2.42. The quantitative estimate of drug-likeness (QED) is 0.708. The van der Waals surface area contributed by atoms with Crippen molar-refractivity contribution in [3.63, 3.8) is 0 Å². The highest BCUT2D eigenvalue weighted by atomic mass is 16.7. The fraction of sp³-hybridized carbons (Fsp3) is 0.455. The molecule has 86 valence electrons. The Morgan fingerprint density at radius 3 is 2.62 bits per heavy atom. The fourth-order valence-corrected chi connectivity index (χ4v) is 1.63. The highest BCUT2D eigenvalue weighted by Gasteiger charge is 2.19. The lowest BCUT2D eigenvalue weighted by Crippen LogP contribution is -2.43. The Bertz CT molecular complexity index is 316. The molecule has 0 spiro atoms. The van der Waals surface area contributed by atoms with Gasteiger partial charge in [-0.05, 0) is 12.1 Å². The van der Waals surface area contributed by atoms with Crippen molar-refractivity contribution in [3.05, 3.63) is 30.3 Å². The molecule has 0 saturated carbocycles. The number of rotatable bonds is 2. The second-order valence-electron chi connectivity index (χ2n) is 3.32. The van der Waals surface area contributed by atoms with Crippen LogP contribution in [0.5, 0.6) is 0 Å². The van der Waals surface area contributed by atoms with Crippen molar-refractivity contribution in [2.24, 2.45) is 0 Å². The van der Waals surface area contributed by atoms with Crippen LogP contribution < -0.4 is 4.90 Å². The maximum absolute atomic E-state index is 6.00. The van der Waals surface area contributed by atoms with E-state index < -0.39 is 0 Å². The van der Waals surface area contributed by atoms with E-state index >= 15 is 0 Å². The third kappa shape index (κ3) is 3.19. The number of hydrogen-bond donors (Lipinski definition) is 0. The SMILES string of the molecule is COC1CN(c2ccccc2)CCO1.N#N. The maximum atomic E-state index is 6.00. The molecule has 0 radical (unpaired) electrons. The van der Waals surface area contributed by atoms with Gasteiger partial charge in [0.1, 0.15) is 0 Å². The largest absolute Gasteiger partial charge is 0.364 e. The van der Waals surface area contributed by atoms with Gasteiger partial charge in [0.05, 0.1) is 13.2 Å². The standard InChI is InChI=1S/C11H15NO2.N2/c1-13-11-9-12(7-8-14-11)10-5-3-2-4-6-10;1-2/h2-6,11H,7-9H2,1H3;. The van der Waals surface area contributed by atoms with Gasteiger partial charge in [0.2, 0.25) is 0 Å². The Hall–Kier alpha value is -1.64. The van der Waals surface area contributed by atoms with Crippen LogP contribution >= 0.6 is 0 Å². The normalized spacial score (nSPS) is 19.7. The average Bonchev–Trinajstić information content (AvgIpc) is 2.42. The zero-order chi connectivity index (χ0) is 11.8. The van der Waals surface area contributed by atoms with E-state index in [1.165, 1.54) is 5.69 Å². The summed E-state index contributed by atoms with van der Waals surface area (Å²) in [4.78, 5) is 2.28. The molecule has 1 aromatic rings. The van der Waals surface area contributed by atoms with E-state index in [4.69, 9.17) is 20.3 Å². The topological polar surface area (TPSA) is 69.3 Å². The minimum atomic E-state index is -0.0936. The Kier molecular flexibility index (Phi) is 5.26. The molecule has 16 heavy (non-hydrogen) atoms. The molecule has 2 rings (SSSR count). The summed E-state index contributed by atoms with van der Waals surface area (Å²) in [5.41, 5.74) is 1.23. The summed E-state index contributed by atoms with van der Waals surface area (Å²) in [6, 6.07) is 10.3. The predicted octanol–water partition coefficient (Wildman–Crippen LogP) is 1.53. The van der Waals surface area contributed by atoms with Crippen molar-refractivity contribution >= 4 is 5.69 Å².